The number of likely N-dealkylation sites (tertiary alicyclic amines) is 1. The SMILES string of the molecule is CCN1CCCC1CNC(N)=NCc1ccccc1Cl.I. The van der Waals surface area contributed by atoms with Gasteiger partial charge in [0.2, 0.25) is 0 Å². The maximum atomic E-state index is 6.09. The first-order valence-corrected chi connectivity index (χ1v) is 7.59. The molecule has 0 spiro atoms. The summed E-state index contributed by atoms with van der Waals surface area (Å²) in [5.41, 5.74) is 6.91. The summed E-state index contributed by atoms with van der Waals surface area (Å²) in [5.74, 6) is 0.493. The van der Waals surface area contributed by atoms with Crippen molar-refractivity contribution in [2.45, 2.75) is 32.4 Å². The molecule has 2 rings (SSSR count). The summed E-state index contributed by atoms with van der Waals surface area (Å²) in [6.45, 7) is 5.88. The lowest BCUT2D eigenvalue weighted by atomic mass is 10.2. The highest BCUT2D eigenvalue weighted by atomic mass is 127. The molecule has 0 bridgehead atoms. The molecule has 21 heavy (non-hydrogen) atoms. The zero-order valence-corrected chi connectivity index (χ0v) is 15.5. The zero-order chi connectivity index (χ0) is 14.4. The van der Waals surface area contributed by atoms with Crippen molar-refractivity contribution in [1.82, 2.24) is 10.2 Å². The molecule has 1 heterocycles. The van der Waals surface area contributed by atoms with Crippen LogP contribution in [-0.2, 0) is 6.54 Å². The Labute approximate surface area is 149 Å². The molecule has 0 amide bonds. The number of nitrogens with zero attached hydrogens (tertiary/aromatic N) is 2. The van der Waals surface area contributed by atoms with Crippen LogP contribution in [0.4, 0.5) is 0 Å². The predicted molar refractivity (Wildman–Crippen MR) is 100 cm³/mol. The van der Waals surface area contributed by atoms with E-state index >= 15 is 0 Å². The molecular weight excluding hydrogens is 399 g/mol. The first-order chi connectivity index (χ1) is 9.70. The van der Waals surface area contributed by atoms with Gasteiger partial charge in [0.05, 0.1) is 6.54 Å². The lowest BCUT2D eigenvalue weighted by Gasteiger charge is -2.23. The molecule has 3 N–H and O–H groups in total. The highest BCUT2D eigenvalue weighted by Gasteiger charge is 2.22. The van der Waals surface area contributed by atoms with Crippen LogP contribution in [0, 0.1) is 0 Å². The van der Waals surface area contributed by atoms with Gasteiger partial charge in [-0.15, -0.1) is 24.0 Å². The summed E-state index contributed by atoms with van der Waals surface area (Å²) in [7, 11) is 0. The average molecular weight is 423 g/mol. The van der Waals surface area contributed by atoms with Gasteiger partial charge in [-0.05, 0) is 37.6 Å². The van der Waals surface area contributed by atoms with E-state index in [0.29, 0.717) is 18.5 Å². The van der Waals surface area contributed by atoms with E-state index in [0.717, 1.165) is 23.7 Å². The number of aliphatic imine (C=N–C) groups is 1. The van der Waals surface area contributed by atoms with Gasteiger partial charge in [-0.3, -0.25) is 4.90 Å². The van der Waals surface area contributed by atoms with Gasteiger partial charge in [0.15, 0.2) is 5.96 Å². The molecule has 1 aliphatic rings. The van der Waals surface area contributed by atoms with Crippen LogP contribution in [0.15, 0.2) is 29.3 Å². The van der Waals surface area contributed by atoms with Crippen LogP contribution in [-0.4, -0.2) is 36.5 Å². The van der Waals surface area contributed by atoms with Gasteiger partial charge in [-0.2, -0.15) is 0 Å². The van der Waals surface area contributed by atoms with Crippen LogP contribution in [0.1, 0.15) is 25.3 Å². The maximum Gasteiger partial charge on any atom is 0.188 e. The van der Waals surface area contributed by atoms with Gasteiger partial charge >= 0.3 is 0 Å². The zero-order valence-electron chi connectivity index (χ0n) is 12.4. The Morgan fingerprint density at radius 1 is 1.48 bits per heavy atom. The van der Waals surface area contributed by atoms with E-state index in [1.54, 1.807) is 0 Å². The van der Waals surface area contributed by atoms with Gasteiger partial charge in [-0.25, -0.2) is 4.99 Å². The summed E-state index contributed by atoms with van der Waals surface area (Å²) < 4.78 is 0. The molecule has 1 unspecified atom stereocenters. The van der Waals surface area contributed by atoms with Gasteiger partial charge in [0, 0.05) is 17.6 Å². The smallest absolute Gasteiger partial charge is 0.188 e. The number of nitrogens with two attached hydrogens (primary N) is 1. The van der Waals surface area contributed by atoms with E-state index in [1.807, 2.05) is 24.3 Å². The molecule has 6 heteroatoms. The Hall–Kier alpha value is -0.530. The molecule has 1 fully saturated rings. The minimum atomic E-state index is 0. The minimum Gasteiger partial charge on any atom is -0.370 e. The third-order valence-electron chi connectivity index (χ3n) is 3.80. The average Bonchev–Trinajstić information content (AvgIpc) is 2.91. The second-order valence-electron chi connectivity index (χ2n) is 5.10. The van der Waals surface area contributed by atoms with Crippen molar-refractivity contribution < 1.29 is 0 Å². The van der Waals surface area contributed by atoms with E-state index in [-0.39, 0.29) is 24.0 Å². The normalized spacial score (nSPS) is 19.3. The van der Waals surface area contributed by atoms with Gasteiger partial charge in [0.1, 0.15) is 0 Å². The van der Waals surface area contributed by atoms with Gasteiger partial charge in [-0.1, -0.05) is 36.7 Å². The number of rotatable bonds is 5. The topological polar surface area (TPSA) is 53.6 Å². The molecule has 0 aliphatic carbocycles. The number of guanidine groups is 1. The Bertz CT molecular complexity index is 467. The van der Waals surface area contributed by atoms with Crippen molar-refractivity contribution in [1.29, 1.82) is 0 Å². The fourth-order valence-corrected chi connectivity index (χ4v) is 2.81. The van der Waals surface area contributed by atoms with Crippen LogP contribution < -0.4 is 11.1 Å². The second kappa shape index (κ2) is 9.48. The molecule has 1 aromatic carbocycles. The van der Waals surface area contributed by atoms with Crippen LogP contribution in [0.2, 0.25) is 5.02 Å². The highest BCUT2D eigenvalue weighted by Crippen LogP contribution is 2.16. The van der Waals surface area contributed by atoms with Crippen molar-refractivity contribution in [2.24, 2.45) is 10.7 Å². The monoisotopic (exact) mass is 422 g/mol. The number of nitrogens with one attached hydrogen (secondary N) is 1. The Morgan fingerprint density at radius 3 is 2.95 bits per heavy atom. The summed E-state index contributed by atoms with van der Waals surface area (Å²) in [6.07, 6.45) is 2.51. The minimum absolute atomic E-state index is 0. The molecule has 118 valence electrons. The first-order valence-electron chi connectivity index (χ1n) is 7.22. The number of halogens is 2. The van der Waals surface area contributed by atoms with Crippen molar-refractivity contribution in [3.05, 3.63) is 34.9 Å². The third-order valence-corrected chi connectivity index (χ3v) is 4.17. The quantitative estimate of drug-likeness (QED) is 0.436. The van der Waals surface area contributed by atoms with Gasteiger partial charge in [0.25, 0.3) is 0 Å². The second-order valence-corrected chi connectivity index (χ2v) is 5.51. The van der Waals surface area contributed by atoms with Crippen molar-refractivity contribution in [3.63, 3.8) is 0 Å². The largest absolute Gasteiger partial charge is 0.370 e. The summed E-state index contributed by atoms with van der Waals surface area (Å²) >= 11 is 6.09. The molecule has 1 aromatic rings. The van der Waals surface area contributed by atoms with Gasteiger partial charge < -0.3 is 11.1 Å². The van der Waals surface area contributed by atoms with E-state index in [1.165, 1.54) is 19.4 Å². The Kier molecular flexibility index (Phi) is 8.36. The van der Waals surface area contributed by atoms with E-state index in [2.05, 4.69) is 22.1 Å². The molecule has 1 aliphatic heterocycles. The molecule has 1 atom stereocenters. The molecule has 4 nitrogen and oxygen atoms in total. The van der Waals surface area contributed by atoms with Crippen LogP contribution in [0.25, 0.3) is 0 Å². The molecule has 0 radical (unpaired) electrons. The lowest BCUT2D eigenvalue weighted by molar-refractivity contribution is 0.267. The summed E-state index contributed by atoms with van der Waals surface area (Å²) in [4.78, 5) is 6.83. The van der Waals surface area contributed by atoms with Crippen LogP contribution >= 0.6 is 35.6 Å². The molecule has 1 saturated heterocycles. The van der Waals surface area contributed by atoms with E-state index < -0.39 is 0 Å². The Morgan fingerprint density at radius 2 is 2.24 bits per heavy atom. The van der Waals surface area contributed by atoms with E-state index in [9.17, 15) is 0 Å². The molecule has 0 aromatic heterocycles. The number of hydrogen-bond donors (Lipinski definition) is 2. The van der Waals surface area contributed by atoms with Crippen LogP contribution in [0.3, 0.4) is 0 Å². The highest BCUT2D eigenvalue weighted by molar-refractivity contribution is 14.0. The first kappa shape index (κ1) is 18.5. The number of likely N-dealkylation sites (N-methyl/N-ethyl adjacent to an activating group) is 1. The van der Waals surface area contributed by atoms with Crippen molar-refractivity contribution in [3.8, 4) is 0 Å². The molecular formula is C15H24ClIN4. The fourth-order valence-electron chi connectivity index (χ4n) is 2.62. The number of benzene rings is 1. The standard InChI is InChI=1S/C15H23ClN4.HI/c1-2-20-9-5-7-13(20)11-19-15(17)18-10-12-6-3-4-8-14(12)16;/h3-4,6,8,13H,2,5,7,9-11H2,1H3,(H3,17,18,19);1H. The summed E-state index contributed by atoms with van der Waals surface area (Å²) in [6, 6.07) is 8.28. The van der Waals surface area contributed by atoms with Crippen molar-refractivity contribution >= 4 is 41.5 Å². The predicted octanol–water partition coefficient (Wildman–Crippen LogP) is 2.85. The maximum absolute atomic E-state index is 6.09. The number of hydrogen-bond acceptors (Lipinski definition) is 2. The van der Waals surface area contributed by atoms with Crippen molar-refractivity contribution in [2.75, 3.05) is 19.6 Å². The van der Waals surface area contributed by atoms with Crippen LogP contribution in [0.5, 0.6) is 0 Å². The molecule has 0 saturated carbocycles. The lowest BCUT2D eigenvalue weighted by Crippen LogP contribution is -2.42. The van der Waals surface area contributed by atoms with E-state index in [4.69, 9.17) is 17.3 Å². The fraction of sp³-hybridized carbons (Fsp3) is 0.533. The Balaban J connectivity index is 0.00000220. The summed E-state index contributed by atoms with van der Waals surface area (Å²) in [5, 5.41) is 3.95. The third kappa shape index (κ3) is 5.64.